The molecule has 4 unspecified atom stereocenters. The third kappa shape index (κ3) is 12.7. The van der Waals surface area contributed by atoms with Crippen LogP contribution in [0.5, 0.6) is 0 Å². The number of nitrogens with zero attached hydrogens (tertiary/aromatic N) is 1. The van der Waals surface area contributed by atoms with Gasteiger partial charge in [-0.3, -0.25) is 19.4 Å². The summed E-state index contributed by atoms with van der Waals surface area (Å²) in [7, 11) is 0. The summed E-state index contributed by atoms with van der Waals surface area (Å²) in [5.41, 5.74) is 22.7. The van der Waals surface area contributed by atoms with Crippen molar-refractivity contribution < 1.29 is 24.3 Å². The molecule has 4 atom stereocenters. The summed E-state index contributed by atoms with van der Waals surface area (Å²) in [5, 5.41) is 17.4. The molecule has 1 aromatic carbocycles. The van der Waals surface area contributed by atoms with Gasteiger partial charge in [0, 0.05) is 18.7 Å². The number of unbranched alkanes of at least 4 members (excludes halogenated alkanes) is 1. The van der Waals surface area contributed by atoms with E-state index in [2.05, 4.69) is 33.6 Å². The average Bonchev–Trinajstić information content (AvgIpc) is 2.89. The van der Waals surface area contributed by atoms with E-state index in [1.165, 1.54) is 0 Å². The average molecular weight is 553 g/mol. The first-order valence-electron chi connectivity index (χ1n) is 12.4. The summed E-state index contributed by atoms with van der Waals surface area (Å²) in [4.78, 5) is 54.4. The zero-order valence-electron chi connectivity index (χ0n) is 21.3. The largest absolute Gasteiger partial charge is 0.480 e. The Morgan fingerprint density at radius 1 is 0.868 bits per heavy atom. The number of aliphatic imine (C=N–C) groups is 1. The van der Waals surface area contributed by atoms with Gasteiger partial charge < -0.3 is 44.0 Å². The van der Waals surface area contributed by atoms with Crippen LogP contribution in [0.15, 0.2) is 35.3 Å². The standard InChI is InChI=1S/C24H40N8O5S/c25-11-5-4-9-17(22(35)32-19(23(36)37)13-15-7-2-1-3-8-15)31-21(34)18(10-6-12-29-24(27)28)30-20(33)16(26)14-38/h1-3,7-8,16-19,38H,4-6,9-14,25-26H2,(H,30,33)(H,31,34)(H,32,35)(H,36,37)(H4,27,28,29). The van der Waals surface area contributed by atoms with Crippen LogP contribution in [0.25, 0.3) is 0 Å². The van der Waals surface area contributed by atoms with Crippen LogP contribution in [0.2, 0.25) is 0 Å². The van der Waals surface area contributed by atoms with Gasteiger partial charge in [-0.25, -0.2) is 4.79 Å². The summed E-state index contributed by atoms with van der Waals surface area (Å²) in [6, 6.07) is 4.62. The van der Waals surface area contributed by atoms with Crippen LogP contribution < -0.4 is 38.9 Å². The highest BCUT2D eigenvalue weighted by Gasteiger charge is 2.30. The molecular formula is C24H40N8O5S. The van der Waals surface area contributed by atoms with Crippen LogP contribution in [0.3, 0.4) is 0 Å². The first-order valence-corrected chi connectivity index (χ1v) is 13.0. The van der Waals surface area contributed by atoms with E-state index in [1.54, 1.807) is 30.3 Å². The maximum atomic E-state index is 13.2. The quantitative estimate of drug-likeness (QED) is 0.0431. The molecule has 0 saturated carbocycles. The van der Waals surface area contributed by atoms with E-state index >= 15 is 0 Å². The second kappa shape index (κ2) is 18.0. The Bertz CT molecular complexity index is 930. The lowest BCUT2D eigenvalue weighted by molar-refractivity contribution is -0.142. The number of thiol groups is 1. The highest BCUT2D eigenvalue weighted by atomic mass is 32.1. The van der Waals surface area contributed by atoms with Crippen LogP contribution >= 0.6 is 12.6 Å². The smallest absolute Gasteiger partial charge is 0.326 e. The van der Waals surface area contributed by atoms with Crippen LogP contribution in [0.1, 0.15) is 37.7 Å². The molecule has 0 spiro atoms. The maximum absolute atomic E-state index is 13.2. The van der Waals surface area contributed by atoms with Crippen molar-refractivity contribution in [1.82, 2.24) is 16.0 Å². The number of carboxylic acid groups (broad SMARTS) is 1. The molecule has 13 nitrogen and oxygen atoms in total. The van der Waals surface area contributed by atoms with Gasteiger partial charge in [0.1, 0.15) is 18.1 Å². The van der Waals surface area contributed by atoms with Gasteiger partial charge in [-0.15, -0.1) is 0 Å². The lowest BCUT2D eigenvalue weighted by Gasteiger charge is -2.25. The predicted molar refractivity (Wildman–Crippen MR) is 148 cm³/mol. The van der Waals surface area contributed by atoms with Crippen LogP contribution in [0.4, 0.5) is 0 Å². The van der Waals surface area contributed by atoms with E-state index in [-0.39, 0.29) is 37.5 Å². The molecule has 3 amide bonds. The van der Waals surface area contributed by atoms with E-state index in [4.69, 9.17) is 22.9 Å². The van der Waals surface area contributed by atoms with Crippen molar-refractivity contribution in [3.63, 3.8) is 0 Å². The zero-order valence-corrected chi connectivity index (χ0v) is 22.2. The molecule has 0 radical (unpaired) electrons. The fraction of sp³-hybridized carbons (Fsp3) is 0.542. The number of carbonyl (C=O) groups excluding carboxylic acids is 3. The number of amides is 3. The van der Waals surface area contributed by atoms with Crippen molar-refractivity contribution >= 4 is 42.3 Å². The normalized spacial score (nSPS) is 13.9. The summed E-state index contributed by atoms with van der Waals surface area (Å²) in [6.07, 6.45) is 1.91. The van der Waals surface area contributed by atoms with Gasteiger partial charge in [0.15, 0.2) is 5.96 Å². The Morgan fingerprint density at radius 2 is 1.42 bits per heavy atom. The van der Waals surface area contributed by atoms with E-state index in [1.807, 2.05) is 0 Å². The van der Waals surface area contributed by atoms with E-state index in [0.29, 0.717) is 25.8 Å². The summed E-state index contributed by atoms with van der Waals surface area (Å²) in [6.45, 7) is 0.611. The maximum Gasteiger partial charge on any atom is 0.326 e. The molecule has 0 aliphatic carbocycles. The third-order valence-electron chi connectivity index (χ3n) is 5.59. The predicted octanol–water partition coefficient (Wildman–Crippen LogP) is -1.79. The molecule has 0 saturated heterocycles. The molecule has 0 aromatic heterocycles. The number of guanidine groups is 1. The molecule has 0 bridgehead atoms. The number of carboxylic acids is 1. The lowest BCUT2D eigenvalue weighted by atomic mass is 10.0. The topological polar surface area (TPSA) is 241 Å². The minimum absolute atomic E-state index is 0.0658. The minimum Gasteiger partial charge on any atom is -0.480 e. The lowest BCUT2D eigenvalue weighted by Crippen LogP contribution is -2.57. The Balaban J connectivity index is 3.02. The minimum atomic E-state index is -1.21. The molecule has 0 aliphatic rings. The molecule has 212 valence electrons. The molecule has 38 heavy (non-hydrogen) atoms. The number of aliphatic carboxylic acids is 1. The number of hydrogen-bond donors (Lipinski definition) is 9. The Labute approximate surface area is 228 Å². The Hall–Kier alpha value is -3.36. The second-order valence-corrected chi connectivity index (χ2v) is 9.10. The molecular weight excluding hydrogens is 512 g/mol. The number of nitrogens with one attached hydrogen (secondary N) is 3. The van der Waals surface area contributed by atoms with Gasteiger partial charge in [-0.2, -0.15) is 12.6 Å². The molecule has 12 N–H and O–H groups in total. The first kappa shape index (κ1) is 32.7. The number of carbonyl (C=O) groups is 4. The summed E-state index contributed by atoms with van der Waals surface area (Å²) < 4.78 is 0. The van der Waals surface area contributed by atoms with Crippen molar-refractivity contribution in [2.75, 3.05) is 18.8 Å². The van der Waals surface area contributed by atoms with E-state index < -0.39 is 47.9 Å². The van der Waals surface area contributed by atoms with Crippen LogP contribution in [-0.4, -0.2) is 77.8 Å². The number of nitrogens with two attached hydrogens (primary N) is 4. The van der Waals surface area contributed by atoms with Crippen molar-refractivity contribution in [1.29, 1.82) is 0 Å². The third-order valence-corrected chi connectivity index (χ3v) is 5.98. The monoisotopic (exact) mass is 552 g/mol. The zero-order chi connectivity index (χ0) is 28.5. The SMILES string of the molecule is NCCCCC(NC(=O)C(CCCN=C(N)N)NC(=O)C(N)CS)C(=O)NC(Cc1ccccc1)C(=O)O. The second-order valence-electron chi connectivity index (χ2n) is 8.73. The van der Waals surface area contributed by atoms with Gasteiger partial charge in [0.05, 0.1) is 6.04 Å². The van der Waals surface area contributed by atoms with Gasteiger partial charge in [-0.1, -0.05) is 30.3 Å². The Kier molecular flexibility index (Phi) is 15.5. The summed E-state index contributed by atoms with van der Waals surface area (Å²) in [5.74, 6) is -3.11. The fourth-order valence-electron chi connectivity index (χ4n) is 3.49. The van der Waals surface area contributed by atoms with E-state index in [9.17, 15) is 24.3 Å². The van der Waals surface area contributed by atoms with Crippen molar-refractivity contribution in [2.24, 2.45) is 27.9 Å². The van der Waals surface area contributed by atoms with Crippen molar-refractivity contribution in [3.8, 4) is 0 Å². The van der Waals surface area contributed by atoms with Crippen LogP contribution in [0, 0.1) is 0 Å². The molecule has 1 aromatic rings. The number of hydrogen-bond acceptors (Lipinski definition) is 8. The molecule has 14 heteroatoms. The molecule has 0 heterocycles. The highest BCUT2D eigenvalue weighted by Crippen LogP contribution is 2.08. The van der Waals surface area contributed by atoms with Crippen molar-refractivity contribution in [3.05, 3.63) is 35.9 Å². The molecule has 1 rings (SSSR count). The molecule has 0 aliphatic heterocycles. The molecule has 0 fully saturated rings. The van der Waals surface area contributed by atoms with E-state index in [0.717, 1.165) is 5.56 Å². The van der Waals surface area contributed by atoms with Gasteiger partial charge in [0.2, 0.25) is 17.7 Å². The Morgan fingerprint density at radius 3 is 1.95 bits per heavy atom. The highest BCUT2D eigenvalue weighted by molar-refractivity contribution is 7.80. The van der Waals surface area contributed by atoms with Crippen molar-refractivity contribution in [2.45, 2.75) is 62.7 Å². The van der Waals surface area contributed by atoms with Gasteiger partial charge in [-0.05, 0) is 44.2 Å². The van der Waals surface area contributed by atoms with Crippen LogP contribution in [-0.2, 0) is 25.6 Å². The summed E-state index contributed by atoms with van der Waals surface area (Å²) >= 11 is 4.01. The number of rotatable bonds is 18. The number of benzene rings is 1. The first-order chi connectivity index (χ1) is 18.1. The fourth-order valence-corrected chi connectivity index (χ4v) is 3.66. The van der Waals surface area contributed by atoms with Gasteiger partial charge in [0.25, 0.3) is 0 Å². The van der Waals surface area contributed by atoms with Gasteiger partial charge >= 0.3 is 5.97 Å².